The fourth-order valence-corrected chi connectivity index (χ4v) is 5.04. The highest BCUT2D eigenvalue weighted by atomic mass is 16.2. The molecule has 21 heavy (non-hydrogen) atoms. The Kier molecular flexibility index (Phi) is 3.74. The molecule has 0 aromatic heterocycles. The van der Waals surface area contributed by atoms with Gasteiger partial charge >= 0.3 is 0 Å². The summed E-state index contributed by atoms with van der Waals surface area (Å²) < 4.78 is 0. The van der Waals surface area contributed by atoms with Gasteiger partial charge in [0.15, 0.2) is 0 Å². The minimum Gasteiger partial charge on any atom is -0.340 e. The second-order valence-electron chi connectivity index (χ2n) is 7.35. The summed E-state index contributed by atoms with van der Waals surface area (Å²) in [5, 5.41) is 2.96. The maximum absolute atomic E-state index is 13.0. The SMILES string of the molecule is CCC1(CC)NC(=O)CN(C(C)C2CC3CCC2C3)C1=O. The number of amides is 2. The van der Waals surface area contributed by atoms with Crippen LogP contribution in [-0.4, -0.2) is 34.8 Å². The van der Waals surface area contributed by atoms with Crippen LogP contribution in [0.1, 0.15) is 59.3 Å². The van der Waals surface area contributed by atoms with Gasteiger partial charge in [0.25, 0.3) is 0 Å². The predicted octanol–water partition coefficient (Wildman–Crippen LogP) is 2.33. The summed E-state index contributed by atoms with van der Waals surface area (Å²) in [6, 6.07) is 0.205. The first-order valence-electron chi connectivity index (χ1n) is 8.62. The summed E-state index contributed by atoms with van der Waals surface area (Å²) >= 11 is 0. The third-order valence-corrected chi connectivity index (χ3v) is 6.47. The van der Waals surface area contributed by atoms with E-state index in [2.05, 4.69) is 12.2 Å². The van der Waals surface area contributed by atoms with Crippen LogP contribution in [-0.2, 0) is 9.59 Å². The van der Waals surface area contributed by atoms with E-state index < -0.39 is 5.54 Å². The summed E-state index contributed by atoms with van der Waals surface area (Å²) in [6.07, 6.45) is 6.64. The standard InChI is InChI=1S/C17H28N2O2/c1-4-17(5-2)16(21)19(10-15(20)18-17)11(3)14-9-12-6-7-13(14)8-12/h11-14H,4-10H2,1-3H3,(H,18,20). The smallest absolute Gasteiger partial charge is 0.249 e. The Hall–Kier alpha value is -1.06. The molecule has 1 aliphatic heterocycles. The number of nitrogens with one attached hydrogen (secondary N) is 1. The summed E-state index contributed by atoms with van der Waals surface area (Å²) in [7, 11) is 0. The summed E-state index contributed by atoms with van der Waals surface area (Å²) in [6.45, 7) is 6.40. The first kappa shape index (κ1) is 14.9. The minimum atomic E-state index is -0.665. The van der Waals surface area contributed by atoms with Gasteiger partial charge in [-0.2, -0.15) is 0 Å². The van der Waals surface area contributed by atoms with Crippen molar-refractivity contribution in [2.75, 3.05) is 6.54 Å². The molecule has 1 saturated heterocycles. The lowest BCUT2D eigenvalue weighted by Gasteiger charge is -2.46. The van der Waals surface area contributed by atoms with E-state index in [1.165, 1.54) is 25.7 Å². The van der Waals surface area contributed by atoms with Crippen LogP contribution in [0, 0.1) is 17.8 Å². The Balaban J connectivity index is 1.80. The molecule has 3 rings (SSSR count). The fourth-order valence-electron chi connectivity index (χ4n) is 5.04. The zero-order chi connectivity index (χ0) is 15.2. The highest BCUT2D eigenvalue weighted by Gasteiger charge is 2.49. The average Bonchev–Trinajstić information content (AvgIpc) is 3.11. The molecule has 4 unspecified atom stereocenters. The van der Waals surface area contributed by atoms with E-state index in [0.717, 1.165) is 11.8 Å². The van der Waals surface area contributed by atoms with Crippen molar-refractivity contribution in [1.82, 2.24) is 10.2 Å². The van der Waals surface area contributed by atoms with Crippen LogP contribution in [0.3, 0.4) is 0 Å². The molecule has 4 nitrogen and oxygen atoms in total. The molecule has 2 amide bonds. The molecule has 0 aromatic carbocycles. The molecule has 118 valence electrons. The number of piperazine rings is 1. The molecule has 2 saturated carbocycles. The quantitative estimate of drug-likeness (QED) is 0.864. The molecule has 3 aliphatic rings. The van der Waals surface area contributed by atoms with Crippen molar-refractivity contribution in [2.24, 2.45) is 17.8 Å². The van der Waals surface area contributed by atoms with Crippen molar-refractivity contribution in [3.63, 3.8) is 0 Å². The fraction of sp³-hybridized carbons (Fsp3) is 0.882. The normalized spacial score (nSPS) is 36.0. The van der Waals surface area contributed by atoms with Gasteiger partial charge in [0, 0.05) is 6.04 Å². The van der Waals surface area contributed by atoms with Gasteiger partial charge in [0.05, 0.1) is 6.54 Å². The van der Waals surface area contributed by atoms with E-state index in [-0.39, 0.29) is 24.4 Å². The Morgan fingerprint density at radius 3 is 2.48 bits per heavy atom. The Bertz CT molecular complexity index is 444. The van der Waals surface area contributed by atoms with Gasteiger partial charge in [-0.3, -0.25) is 9.59 Å². The number of hydrogen-bond acceptors (Lipinski definition) is 2. The number of carbonyl (C=O) groups is 2. The summed E-state index contributed by atoms with van der Waals surface area (Å²) in [4.78, 5) is 27.0. The van der Waals surface area contributed by atoms with Crippen LogP contribution in [0.2, 0.25) is 0 Å². The molecule has 3 fully saturated rings. The van der Waals surface area contributed by atoms with Crippen molar-refractivity contribution in [2.45, 2.75) is 70.9 Å². The summed E-state index contributed by atoms with van der Waals surface area (Å²) in [5.74, 6) is 2.40. The monoisotopic (exact) mass is 292 g/mol. The van der Waals surface area contributed by atoms with Gasteiger partial charge in [0.1, 0.15) is 5.54 Å². The number of hydrogen-bond donors (Lipinski definition) is 1. The van der Waals surface area contributed by atoms with Gasteiger partial charge in [0.2, 0.25) is 11.8 Å². The molecule has 2 aliphatic carbocycles. The highest BCUT2D eigenvalue weighted by molar-refractivity contribution is 5.98. The van der Waals surface area contributed by atoms with Gasteiger partial charge in [-0.05, 0) is 56.8 Å². The number of fused-ring (bicyclic) bond motifs is 2. The first-order chi connectivity index (χ1) is 10.0. The summed E-state index contributed by atoms with van der Waals surface area (Å²) in [5.41, 5.74) is -0.665. The zero-order valence-electron chi connectivity index (χ0n) is 13.5. The third kappa shape index (κ3) is 2.27. The van der Waals surface area contributed by atoms with E-state index >= 15 is 0 Å². The van der Waals surface area contributed by atoms with Crippen LogP contribution >= 0.6 is 0 Å². The van der Waals surface area contributed by atoms with Crippen molar-refractivity contribution in [3.05, 3.63) is 0 Å². The van der Waals surface area contributed by atoms with E-state index in [4.69, 9.17) is 0 Å². The van der Waals surface area contributed by atoms with Crippen LogP contribution in [0.4, 0.5) is 0 Å². The molecule has 2 bridgehead atoms. The second kappa shape index (κ2) is 5.29. The van der Waals surface area contributed by atoms with Crippen LogP contribution in [0.15, 0.2) is 0 Å². The lowest BCUT2D eigenvalue weighted by molar-refractivity contribution is -0.154. The third-order valence-electron chi connectivity index (χ3n) is 6.47. The topological polar surface area (TPSA) is 49.4 Å². The Morgan fingerprint density at radius 1 is 1.24 bits per heavy atom. The molecular weight excluding hydrogens is 264 g/mol. The Labute approximate surface area is 127 Å². The van der Waals surface area contributed by atoms with Crippen molar-refractivity contribution < 1.29 is 9.59 Å². The van der Waals surface area contributed by atoms with E-state index in [1.54, 1.807) is 0 Å². The molecule has 4 heteroatoms. The molecule has 1 N–H and O–H groups in total. The molecule has 1 heterocycles. The van der Waals surface area contributed by atoms with Crippen molar-refractivity contribution in [3.8, 4) is 0 Å². The number of nitrogens with zero attached hydrogens (tertiary/aromatic N) is 1. The van der Waals surface area contributed by atoms with Gasteiger partial charge in [-0.15, -0.1) is 0 Å². The predicted molar refractivity (Wildman–Crippen MR) is 81.6 cm³/mol. The van der Waals surface area contributed by atoms with Crippen LogP contribution in [0.5, 0.6) is 0 Å². The molecule has 4 atom stereocenters. The largest absolute Gasteiger partial charge is 0.340 e. The molecule has 0 spiro atoms. The maximum Gasteiger partial charge on any atom is 0.249 e. The molecule has 0 aromatic rings. The lowest BCUT2D eigenvalue weighted by Crippen LogP contribution is -2.68. The van der Waals surface area contributed by atoms with Gasteiger partial charge < -0.3 is 10.2 Å². The number of carbonyl (C=O) groups excluding carboxylic acids is 2. The highest BCUT2D eigenvalue weighted by Crippen LogP contribution is 2.50. The second-order valence-corrected chi connectivity index (χ2v) is 7.35. The van der Waals surface area contributed by atoms with Crippen molar-refractivity contribution >= 4 is 11.8 Å². The number of rotatable bonds is 4. The van der Waals surface area contributed by atoms with Crippen molar-refractivity contribution in [1.29, 1.82) is 0 Å². The minimum absolute atomic E-state index is 0.00769. The van der Waals surface area contributed by atoms with Crippen LogP contribution < -0.4 is 5.32 Å². The zero-order valence-corrected chi connectivity index (χ0v) is 13.5. The van der Waals surface area contributed by atoms with Crippen LogP contribution in [0.25, 0.3) is 0 Å². The molecular formula is C17H28N2O2. The van der Waals surface area contributed by atoms with E-state index in [9.17, 15) is 9.59 Å². The van der Waals surface area contributed by atoms with E-state index in [0.29, 0.717) is 18.8 Å². The van der Waals surface area contributed by atoms with Gasteiger partial charge in [-0.1, -0.05) is 20.3 Å². The Morgan fingerprint density at radius 2 is 1.95 bits per heavy atom. The molecule has 0 radical (unpaired) electrons. The van der Waals surface area contributed by atoms with E-state index in [1.807, 2.05) is 18.7 Å². The lowest BCUT2D eigenvalue weighted by atomic mass is 9.81. The van der Waals surface area contributed by atoms with Gasteiger partial charge in [-0.25, -0.2) is 0 Å². The maximum atomic E-state index is 13.0. The average molecular weight is 292 g/mol. The first-order valence-corrected chi connectivity index (χ1v) is 8.62.